The Labute approximate surface area is 114 Å². The Morgan fingerprint density at radius 3 is 2.74 bits per heavy atom. The predicted octanol–water partition coefficient (Wildman–Crippen LogP) is 2.89. The number of thiophene rings is 1. The first-order valence-electron chi connectivity index (χ1n) is 5.75. The number of halogens is 1. The maximum absolute atomic E-state index is 12.7. The Hall–Kier alpha value is -2.01. The number of benzene rings is 1. The van der Waals surface area contributed by atoms with Crippen molar-refractivity contribution < 1.29 is 9.18 Å². The molecule has 1 N–H and O–H groups in total. The zero-order valence-electron chi connectivity index (χ0n) is 10.4. The second-order valence-electron chi connectivity index (χ2n) is 4.06. The molecule has 19 heavy (non-hydrogen) atoms. The minimum absolute atomic E-state index is 0.182. The van der Waals surface area contributed by atoms with Gasteiger partial charge in [-0.15, -0.1) is 11.3 Å². The van der Waals surface area contributed by atoms with Gasteiger partial charge in [0.25, 0.3) is 0 Å². The number of nitrogens with one attached hydrogen (secondary N) is 1. The fourth-order valence-corrected chi connectivity index (χ4v) is 2.29. The van der Waals surface area contributed by atoms with E-state index >= 15 is 0 Å². The number of carbonyl (C=O) groups excluding carboxylic acids is 1. The highest BCUT2D eigenvalue weighted by molar-refractivity contribution is 7.11. The lowest BCUT2D eigenvalue weighted by atomic mass is 10.1. The van der Waals surface area contributed by atoms with Gasteiger partial charge in [0, 0.05) is 4.88 Å². The van der Waals surface area contributed by atoms with E-state index in [1.54, 1.807) is 29.7 Å². The molecule has 0 aliphatic heterocycles. The van der Waals surface area contributed by atoms with Gasteiger partial charge in [-0.25, -0.2) is 9.82 Å². The topological polar surface area (TPSA) is 41.5 Å². The number of rotatable bonds is 4. The van der Waals surface area contributed by atoms with E-state index in [1.165, 1.54) is 12.1 Å². The molecule has 3 nitrogen and oxygen atoms in total. The first-order chi connectivity index (χ1) is 9.15. The molecule has 0 bridgehead atoms. The summed E-state index contributed by atoms with van der Waals surface area (Å²) in [5, 5.41) is 5.87. The molecule has 5 heteroatoms. The molecule has 2 rings (SSSR count). The highest BCUT2D eigenvalue weighted by atomic mass is 32.1. The van der Waals surface area contributed by atoms with E-state index in [0.29, 0.717) is 0 Å². The molecule has 0 atom stereocenters. The van der Waals surface area contributed by atoms with Gasteiger partial charge in [0.1, 0.15) is 5.82 Å². The minimum Gasteiger partial charge on any atom is -0.273 e. The van der Waals surface area contributed by atoms with Crippen LogP contribution in [0.15, 0.2) is 40.8 Å². The molecule has 0 unspecified atom stereocenters. The largest absolute Gasteiger partial charge is 0.273 e. The van der Waals surface area contributed by atoms with Crippen LogP contribution in [-0.4, -0.2) is 12.1 Å². The third kappa shape index (κ3) is 3.99. The first kappa shape index (κ1) is 13.4. The van der Waals surface area contributed by atoms with Crippen LogP contribution in [0.4, 0.5) is 4.39 Å². The Morgan fingerprint density at radius 1 is 1.37 bits per heavy atom. The van der Waals surface area contributed by atoms with Crippen LogP contribution in [0.3, 0.4) is 0 Å². The maximum Gasteiger partial charge on any atom is 0.244 e. The summed E-state index contributed by atoms with van der Waals surface area (Å²) in [7, 11) is 0. The van der Waals surface area contributed by atoms with Gasteiger partial charge in [-0.2, -0.15) is 5.10 Å². The second-order valence-corrected chi connectivity index (χ2v) is 5.01. The molecule has 2 aromatic rings. The summed E-state index contributed by atoms with van der Waals surface area (Å²) < 4.78 is 12.7. The maximum atomic E-state index is 12.7. The molecule has 0 spiro atoms. The van der Waals surface area contributed by atoms with Crippen molar-refractivity contribution in [2.24, 2.45) is 5.10 Å². The van der Waals surface area contributed by atoms with Crippen molar-refractivity contribution in [3.8, 4) is 0 Å². The fraction of sp³-hybridized carbons (Fsp3) is 0.143. The van der Waals surface area contributed by atoms with Crippen LogP contribution >= 0.6 is 11.3 Å². The van der Waals surface area contributed by atoms with Gasteiger partial charge >= 0.3 is 0 Å². The van der Waals surface area contributed by atoms with Crippen LogP contribution < -0.4 is 5.43 Å². The van der Waals surface area contributed by atoms with Crippen molar-refractivity contribution in [2.75, 3.05) is 0 Å². The molecule has 0 aliphatic carbocycles. The number of amides is 1. The highest BCUT2D eigenvalue weighted by Gasteiger charge is 2.02. The second kappa shape index (κ2) is 6.24. The number of hydrazone groups is 1. The zero-order chi connectivity index (χ0) is 13.7. The molecule has 1 amide bonds. The molecule has 0 saturated carbocycles. The highest BCUT2D eigenvalue weighted by Crippen LogP contribution is 2.12. The van der Waals surface area contributed by atoms with E-state index in [4.69, 9.17) is 0 Å². The van der Waals surface area contributed by atoms with Gasteiger partial charge < -0.3 is 0 Å². The smallest absolute Gasteiger partial charge is 0.244 e. The molecule has 1 aromatic heterocycles. The molecule has 1 aromatic carbocycles. The quantitative estimate of drug-likeness (QED) is 0.677. The average Bonchev–Trinajstić information content (AvgIpc) is 2.78. The summed E-state index contributed by atoms with van der Waals surface area (Å²) in [4.78, 5) is 12.6. The lowest BCUT2D eigenvalue weighted by Gasteiger charge is -2.00. The van der Waals surface area contributed by atoms with Crippen LogP contribution in [0.5, 0.6) is 0 Å². The van der Waals surface area contributed by atoms with Crippen LogP contribution in [-0.2, 0) is 11.2 Å². The van der Waals surface area contributed by atoms with Gasteiger partial charge in [-0.3, -0.25) is 4.79 Å². The van der Waals surface area contributed by atoms with Gasteiger partial charge in [0.15, 0.2) is 0 Å². The molecule has 98 valence electrons. The minimum atomic E-state index is -0.310. The van der Waals surface area contributed by atoms with E-state index in [1.807, 2.05) is 18.4 Å². The molecule has 0 fully saturated rings. The molecule has 0 radical (unpaired) electrons. The molecule has 1 heterocycles. The van der Waals surface area contributed by atoms with Crippen molar-refractivity contribution in [3.63, 3.8) is 0 Å². The van der Waals surface area contributed by atoms with Gasteiger partial charge in [0.05, 0.1) is 12.6 Å². The number of carbonyl (C=O) groups is 1. The third-order valence-corrected chi connectivity index (χ3v) is 3.50. The van der Waals surface area contributed by atoms with Gasteiger partial charge in [-0.05, 0) is 41.6 Å². The van der Waals surface area contributed by atoms with E-state index in [0.717, 1.165) is 16.0 Å². The van der Waals surface area contributed by atoms with Crippen LogP contribution in [0.2, 0.25) is 0 Å². The Bertz CT molecular complexity index is 590. The molecular formula is C14H13FN2OS. The van der Waals surface area contributed by atoms with Crippen molar-refractivity contribution in [3.05, 3.63) is 57.5 Å². The lowest BCUT2D eigenvalue weighted by molar-refractivity contribution is -0.120. The summed E-state index contributed by atoms with van der Waals surface area (Å²) in [6.07, 6.45) is 1.81. The number of aryl methyl sites for hydroxylation is 1. The zero-order valence-corrected chi connectivity index (χ0v) is 11.2. The average molecular weight is 276 g/mol. The van der Waals surface area contributed by atoms with E-state index in [-0.39, 0.29) is 18.1 Å². The SMILES string of the molecule is Cc1ccsc1/C=N/NC(=O)Cc1ccc(F)cc1. The van der Waals surface area contributed by atoms with Gasteiger partial charge in [-0.1, -0.05) is 12.1 Å². The standard InChI is InChI=1S/C14H13FN2OS/c1-10-6-7-19-13(10)9-16-17-14(18)8-11-2-4-12(15)5-3-11/h2-7,9H,8H2,1H3,(H,17,18)/b16-9+. The van der Waals surface area contributed by atoms with Crippen LogP contribution in [0.25, 0.3) is 0 Å². The predicted molar refractivity (Wildman–Crippen MR) is 74.9 cm³/mol. The summed E-state index contributed by atoms with van der Waals surface area (Å²) in [6.45, 7) is 1.98. The fourth-order valence-electron chi connectivity index (χ4n) is 1.51. The molecule has 0 aliphatic rings. The normalized spacial score (nSPS) is 10.8. The van der Waals surface area contributed by atoms with Crippen molar-refractivity contribution in [1.82, 2.24) is 5.43 Å². The van der Waals surface area contributed by atoms with Crippen LogP contribution in [0.1, 0.15) is 16.0 Å². The summed E-state index contributed by atoms with van der Waals surface area (Å²) in [6, 6.07) is 7.83. The number of hydrogen-bond donors (Lipinski definition) is 1. The number of nitrogens with zero attached hydrogens (tertiary/aromatic N) is 1. The van der Waals surface area contributed by atoms with E-state index in [9.17, 15) is 9.18 Å². The lowest BCUT2D eigenvalue weighted by Crippen LogP contribution is -2.19. The molecule has 0 saturated heterocycles. The molecular weight excluding hydrogens is 263 g/mol. The Balaban J connectivity index is 1.86. The Morgan fingerprint density at radius 2 is 2.11 bits per heavy atom. The van der Waals surface area contributed by atoms with E-state index < -0.39 is 0 Å². The first-order valence-corrected chi connectivity index (χ1v) is 6.63. The monoisotopic (exact) mass is 276 g/mol. The summed E-state index contributed by atoms with van der Waals surface area (Å²) in [5.41, 5.74) is 4.33. The van der Waals surface area contributed by atoms with Crippen molar-refractivity contribution in [1.29, 1.82) is 0 Å². The summed E-state index contributed by atoms with van der Waals surface area (Å²) >= 11 is 1.56. The number of hydrogen-bond acceptors (Lipinski definition) is 3. The summed E-state index contributed by atoms with van der Waals surface area (Å²) in [5.74, 6) is -0.535. The van der Waals surface area contributed by atoms with Crippen molar-refractivity contribution >= 4 is 23.5 Å². The third-order valence-electron chi connectivity index (χ3n) is 2.55. The van der Waals surface area contributed by atoms with E-state index in [2.05, 4.69) is 10.5 Å². The van der Waals surface area contributed by atoms with Crippen LogP contribution in [0, 0.1) is 12.7 Å². The Kier molecular flexibility index (Phi) is 4.41. The van der Waals surface area contributed by atoms with Gasteiger partial charge in [0.2, 0.25) is 5.91 Å². The van der Waals surface area contributed by atoms with Crippen molar-refractivity contribution in [2.45, 2.75) is 13.3 Å².